The summed E-state index contributed by atoms with van der Waals surface area (Å²) in [5.41, 5.74) is -0.0277. The van der Waals surface area contributed by atoms with Crippen molar-refractivity contribution in [2.45, 2.75) is 5.92 Å². The lowest BCUT2D eigenvalue weighted by Gasteiger charge is -2.30. The van der Waals surface area contributed by atoms with Gasteiger partial charge in [0.1, 0.15) is 23.5 Å². The van der Waals surface area contributed by atoms with E-state index in [-0.39, 0.29) is 22.4 Å². The fourth-order valence-electron chi connectivity index (χ4n) is 2.76. The van der Waals surface area contributed by atoms with Crippen molar-refractivity contribution in [3.8, 4) is 0 Å². The zero-order valence-corrected chi connectivity index (χ0v) is 14.0. The van der Waals surface area contributed by atoms with Crippen LogP contribution < -0.4 is 0 Å². The fourth-order valence-corrected chi connectivity index (χ4v) is 2.76. The summed E-state index contributed by atoms with van der Waals surface area (Å²) in [5, 5.41) is 11.4. The van der Waals surface area contributed by atoms with Crippen LogP contribution in [0.1, 0.15) is 11.5 Å². The molecule has 25 heavy (non-hydrogen) atoms. The summed E-state index contributed by atoms with van der Waals surface area (Å²) in [6.07, 6.45) is 2.75. The van der Waals surface area contributed by atoms with E-state index in [1.807, 2.05) is 0 Å². The molecule has 2 rings (SSSR count). The molecule has 0 unspecified atom stereocenters. The first-order chi connectivity index (χ1) is 11.7. The molecule has 1 aromatic rings. The van der Waals surface area contributed by atoms with E-state index in [1.165, 1.54) is 51.9 Å². The SMILES string of the molecule is [CH][N+]1(C)C=C(C(=O)OC)C(c2ccccc2[N+](=O)[O-])C(C(=O)OC)=C1. The highest BCUT2D eigenvalue weighted by molar-refractivity contribution is 5.98. The minimum atomic E-state index is -1.03. The first-order valence-corrected chi connectivity index (χ1v) is 7.21. The number of hydrogen-bond acceptors (Lipinski definition) is 6. The second-order valence-corrected chi connectivity index (χ2v) is 5.62. The van der Waals surface area contributed by atoms with Crippen molar-refractivity contribution in [2.24, 2.45) is 0 Å². The van der Waals surface area contributed by atoms with Crippen LogP contribution in [-0.2, 0) is 19.1 Å². The predicted molar refractivity (Wildman–Crippen MR) is 86.5 cm³/mol. The van der Waals surface area contributed by atoms with E-state index in [0.717, 1.165) is 0 Å². The lowest BCUT2D eigenvalue weighted by molar-refractivity contribution is -0.758. The van der Waals surface area contributed by atoms with Gasteiger partial charge in [-0.25, -0.2) is 9.59 Å². The number of methoxy groups -OCH3 is 2. The number of carbonyl (C=O) groups is 2. The Bertz CT molecular complexity index is 758. The Morgan fingerprint density at radius 2 is 1.60 bits per heavy atom. The lowest BCUT2D eigenvalue weighted by Crippen LogP contribution is -2.35. The van der Waals surface area contributed by atoms with Gasteiger partial charge in [-0.15, -0.1) is 0 Å². The van der Waals surface area contributed by atoms with Crippen molar-refractivity contribution in [1.29, 1.82) is 0 Å². The molecular weight excluding hydrogens is 328 g/mol. The van der Waals surface area contributed by atoms with Gasteiger partial charge in [0.2, 0.25) is 7.05 Å². The number of nitro groups is 1. The van der Waals surface area contributed by atoms with E-state index in [0.29, 0.717) is 0 Å². The van der Waals surface area contributed by atoms with E-state index in [4.69, 9.17) is 16.5 Å². The Kier molecular flexibility index (Phi) is 5.03. The average molecular weight is 345 g/mol. The monoisotopic (exact) mass is 345 g/mol. The number of nitro benzene ring substituents is 1. The largest absolute Gasteiger partial charge is 0.465 e. The van der Waals surface area contributed by atoms with Gasteiger partial charge in [-0.3, -0.25) is 14.6 Å². The molecule has 2 radical (unpaired) electrons. The number of ether oxygens (including phenoxy) is 2. The molecule has 8 heteroatoms. The molecule has 0 N–H and O–H groups in total. The summed E-state index contributed by atoms with van der Waals surface area (Å²) in [7, 11) is 9.90. The minimum Gasteiger partial charge on any atom is -0.465 e. The Morgan fingerprint density at radius 1 is 1.12 bits per heavy atom. The summed E-state index contributed by atoms with van der Waals surface area (Å²) in [5.74, 6) is -2.52. The fraction of sp³-hybridized carbons (Fsp3) is 0.235. The summed E-state index contributed by atoms with van der Waals surface area (Å²) in [6.45, 7) is 0. The third-order valence-corrected chi connectivity index (χ3v) is 3.74. The maximum absolute atomic E-state index is 12.3. The Labute approximate surface area is 144 Å². The molecular formula is C17H17N2O6+. The number of quaternary nitrogens is 1. The van der Waals surface area contributed by atoms with Gasteiger partial charge < -0.3 is 9.47 Å². The van der Waals surface area contributed by atoms with Gasteiger partial charge in [-0.05, 0) is 0 Å². The molecule has 0 spiro atoms. The van der Waals surface area contributed by atoms with Crippen LogP contribution in [0.15, 0.2) is 47.8 Å². The Hall–Kier alpha value is -3.00. The van der Waals surface area contributed by atoms with Crippen LogP contribution in [0, 0.1) is 17.2 Å². The van der Waals surface area contributed by atoms with E-state index in [9.17, 15) is 19.7 Å². The summed E-state index contributed by atoms with van der Waals surface area (Å²) in [4.78, 5) is 35.4. The van der Waals surface area contributed by atoms with Crippen molar-refractivity contribution in [1.82, 2.24) is 0 Å². The van der Waals surface area contributed by atoms with Crippen LogP contribution in [0.5, 0.6) is 0 Å². The number of para-hydroxylation sites is 1. The van der Waals surface area contributed by atoms with Crippen LogP contribution in [0.2, 0.25) is 0 Å². The summed E-state index contributed by atoms with van der Waals surface area (Å²) >= 11 is 0. The van der Waals surface area contributed by atoms with Gasteiger partial charge in [0, 0.05) is 11.6 Å². The average Bonchev–Trinajstić information content (AvgIpc) is 2.58. The molecule has 1 heterocycles. The Morgan fingerprint density at radius 3 is 2.04 bits per heavy atom. The molecule has 0 amide bonds. The molecule has 0 saturated heterocycles. The normalized spacial score (nSPS) is 16.5. The number of nitrogens with zero attached hydrogens (tertiary/aromatic N) is 2. The minimum absolute atomic E-state index is 0.0182. The second kappa shape index (κ2) is 6.86. The molecule has 0 fully saturated rings. The molecule has 0 aliphatic carbocycles. The maximum atomic E-state index is 12.3. The van der Waals surface area contributed by atoms with E-state index in [2.05, 4.69) is 0 Å². The first-order valence-electron chi connectivity index (χ1n) is 7.21. The maximum Gasteiger partial charge on any atom is 0.340 e. The van der Waals surface area contributed by atoms with Gasteiger partial charge >= 0.3 is 11.9 Å². The predicted octanol–water partition coefficient (Wildman–Crippen LogP) is 1.92. The number of rotatable bonds is 4. The number of hydrogen-bond donors (Lipinski definition) is 0. The third-order valence-electron chi connectivity index (χ3n) is 3.74. The standard InChI is InChI=1S/C17H17N2O6/c1-19(2)9-12(16(20)24-3)15(13(10-19)17(21)25-4)11-7-5-6-8-14(11)18(22)23/h1,5-10,15H,2-4H3/q+1. The third kappa shape index (κ3) is 3.58. The molecule has 0 saturated carbocycles. The number of benzene rings is 1. The van der Waals surface area contributed by atoms with Crippen molar-refractivity contribution in [3.05, 3.63) is 70.5 Å². The van der Waals surface area contributed by atoms with Crippen LogP contribution >= 0.6 is 0 Å². The topological polar surface area (TPSA) is 95.7 Å². The zero-order valence-electron chi connectivity index (χ0n) is 14.0. The lowest BCUT2D eigenvalue weighted by atomic mass is 9.82. The van der Waals surface area contributed by atoms with Crippen molar-refractivity contribution in [2.75, 3.05) is 21.3 Å². The van der Waals surface area contributed by atoms with E-state index >= 15 is 0 Å². The van der Waals surface area contributed by atoms with Crippen molar-refractivity contribution in [3.63, 3.8) is 0 Å². The zero-order chi connectivity index (χ0) is 18.8. The van der Waals surface area contributed by atoms with Gasteiger partial charge in [-0.2, -0.15) is 0 Å². The molecule has 130 valence electrons. The highest BCUT2D eigenvalue weighted by Gasteiger charge is 2.42. The van der Waals surface area contributed by atoms with Gasteiger partial charge in [0.25, 0.3) is 5.69 Å². The first kappa shape index (κ1) is 18.3. The van der Waals surface area contributed by atoms with Gasteiger partial charge in [0.15, 0.2) is 0 Å². The van der Waals surface area contributed by atoms with E-state index < -0.39 is 27.3 Å². The highest BCUT2D eigenvalue weighted by Crippen LogP contribution is 2.41. The highest BCUT2D eigenvalue weighted by atomic mass is 16.6. The van der Waals surface area contributed by atoms with Crippen LogP contribution in [-0.4, -0.2) is 42.6 Å². The molecule has 0 atom stereocenters. The van der Waals surface area contributed by atoms with Crippen LogP contribution in [0.25, 0.3) is 0 Å². The van der Waals surface area contributed by atoms with Crippen LogP contribution in [0.4, 0.5) is 5.69 Å². The van der Waals surface area contributed by atoms with E-state index in [1.54, 1.807) is 6.07 Å². The molecule has 0 bridgehead atoms. The summed E-state index contributed by atoms with van der Waals surface area (Å²) < 4.78 is 9.14. The summed E-state index contributed by atoms with van der Waals surface area (Å²) in [6, 6.07) is 5.85. The van der Waals surface area contributed by atoms with Crippen molar-refractivity contribution < 1.29 is 28.5 Å². The van der Waals surface area contributed by atoms with Gasteiger partial charge in [0.05, 0.1) is 32.1 Å². The molecule has 1 aliphatic rings. The van der Waals surface area contributed by atoms with Crippen molar-refractivity contribution >= 4 is 17.6 Å². The number of esters is 2. The number of carbonyl (C=O) groups excluding carboxylic acids is 2. The van der Waals surface area contributed by atoms with Gasteiger partial charge in [-0.1, -0.05) is 18.2 Å². The van der Waals surface area contributed by atoms with Crippen LogP contribution in [0.3, 0.4) is 0 Å². The molecule has 8 nitrogen and oxygen atoms in total. The second-order valence-electron chi connectivity index (χ2n) is 5.62. The molecule has 0 aromatic heterocycles. The molecule has 1 aromatic carbocycles. The Balaban J connectivity index is 2.76. The smallest absolute Gasteiger partial charge is 0.340 e. The molecule has 1 aliphatic heterocycles. The quantitative estimate of drug-likeness (QED) is 0.358.